The Morgan fingerprint density at radius 2 is 1.59 bits per heavy atom. The molecule has 0 saturated heterocycles. The molecule has 0 spiro atoms. The maximum absolute atomic E-state index is 12.5. The van der Waals surface area contributed by atoms with Gasteiger partial charge in [-0.05, 0) is 17.5 Å². The topological polar surface area (TPSA) is 30.2 Å². The zero-order chi connectivity index (χ0) is 15.1. The Morgan fingerprint density at radius 3 is 2.45 bits per heavy atom. The van der Waals surface area contributed by atoms with E-state index in [1.54, 1.807) is 6.07 Å². The molecule has 0 fully saturated rings. The maximum Gasteiger partial charge on any atom is 0.193 e. The Hall–Kier alpha value is -2.39. The van der Waals surface area contributed by atoms with Crippen LogP contribution >= 0.6 is 15.9 Å². The number of hydrogen-bond donors (Lipinski definition) is 0. The first kappa shape index (κ1) is 13.3. The summed E-state index contributed by atoms with van der Waals surface area (Å²) in [6.07, 6.45) is 0. The first-order valence-corrected chi connectivity index (χ1v) is 7.74. The summed E-state index contributed by atoms with van der Waals surface area (Å²) in [6.45, 7) is 0. The van der Waals surface area contributed by atoms with Crippen molar-refractivity contribution in [3.8, 4) is 11.3 Å². The number of fused-ring (bicyclic) bond motifs is 3. The monoisotopic (exact) mass is 350 g/mol. The fraction of sp³-hybridized carbons (Fsp3) is 0. The van der Waals surface area contributed by atoms with Crippen molar-refractivity contribution in [1.29, 1.82) is 0 Å². The van der Waals surface area contributed by atoms with E-state index >= 15 is 0 Å². The second-order valence-electron chi connectivity index (χ2n) is 5.12. The van der Waals surface area contributed by atoms with Crippen LogP contribution in [-0.2, 0) is 0 Å². The molecule has 0 aliphatic heterocycles. The van der Waals surface area contributed by atoms with Crippen LogP contribution in [-0.4, -0.2) is 0 Å². The highest BCUT2D eigenvalue weighted by Crippen LogP contribution is 2.31. The van der Waals surface area contributed by atoms with E-state index in [0.717, 1.165) is 20.8 Å². The summed E-state index contributed by atoms with van der Waals surface area (Å²) in [5, 5.41) is 2.61. The first-order chi connectivity index (χ1) is 10.7. The summed E-state index contributed by atoms with van der Waals surface area (Å²) in [5.41, 5.74) is 1.48. The average Bonchev–Trinajstić information content (AvgIpc) is 2.55. The molecule has 0 unspecified atom stereocenters. The summed E-state index contributed by atoms with van der Waals surface area (Å²) < 4.78 is 6.99. The van der Waals surface area contributed by atoms with Crippen molar-refractivity contribution in [3.63, 3.8) is 0 Å². The summed E-state index contributed by atoms with van der Waals surface area (Å²) in [5.74, 6) is 0.571. The molecular formula is C19H11BrO2. The van der Waals surface area contributed by atoms with Crippen molar-refractivity contribution in [2.24, 2.45) is 0 Å². The minimum atomic E-state index is -0.0299. The van der Waals surface area contributed by atoms with Gasteiger partial charge in [0.15, 0.2) is 5.43 Å². The van der Waals surface area contributed by atoms with Gasteiger partial charge >= 0.3 is 0 Å². The Balaban J connectivity index is 2.13. The van der Waals surface area contributed by atoms with Crippen LogP contribution in [0.15, 0.2) is 80.4 Å². The summed E-state index contributed by atoms with van der Waals surface area (Å²) in [4.78, 5) is 12.5. The molecule has 0 N–H and O–H groups in total. The molecule has 2 nitrogen and oxygen atoms in total. The highest BCUT2D eigenvalue weighted by molar-refractivity contribution is 9.10. The van der Waals surface area contributed by atoms with E-state index < -0.39 is 0 Å². The number of hydrogen-bond acceptors (Lipinski definition) is 2. The standard InChI is InChI=1S/C19H11BrO2/c20-16-8-4-3-7-14(16)18-11-17(21)15-10-9-12-5-1-2-6-13(12)19(15)22-18/h1-11H. The van der Waals surface area contributed by atoms with Crippen LogP contribution in [0.3, 0.4) is 0 Å². The quantitative estimate of drug-likeness (QED) is 0.431. The van der Waals surface area contributed by atoms with Gasteiger partial charge in [-0.15, -0.1) is 0 Å². The van der Waals surface area contributed by atoms with E-state index in [0.29, 0.717) is 16.7 Å². The van der Waals surface area contributed by atoms with Gasteiger partial charge in [-0.25, -0.2) is 0 Å². The third kappa shape index (κ3) is 2.06. The lowest BCUT2D eigenvalue weighted by atomic mass is 10.1. The smallest absolute Gasteiger partial charge is 0.193 e. The molecule has 22 heavy (non-hydrogen) atoms. The molecule has 0 bridgehead atoms. The molecule has 4 aromatic rings. The lowest BCUT2D eigenvalue weighted by molar-refractivity contribution is 0.622. The van der Waals surface area contributed by atoms with Crippen LogP contribution < -0.4 is 5.43 Å². The third-order valence-corrected chi connectivity index (χ3v) is 4.45. The lowest BCUT2D eigenvalue weighted by Crippen LogP contribution is -2.00. The lowest BCUT2D eigenvalue weighted by Gasteiger charge is -2.07. The van der Waals surface area contributed by atoms with Crippen LogP contribution in [0.4, 0.5) is 0 Å². The predicted molar refractivity (Wildman–Crippen MR) is 93.1 cm³/mol. The van der Waals surface area contributed by atoms with Crippen molar-refractivity contribution in [3.05, 3.63) is 81.4 Å². The van der Waals surface area contributed by atoms with Crippen LogP contribution in [0.5, 0.6) is 0 Å². The van der Waals surface area contributed by atoms with E-state index in [9.17, 15) is 4.79 Å². The van der Waals surface area contributed by atoms with Gasteiger partial charge in [0, 0.05) is 21.5 Å². The molecule has 106 valence electrons. The molecule has 0 amide bonds. The molecule has 0 atom stereocenters. The summed E-state index contributed by atoms with van der Waals surface area (Å²) in [7, 11) is 0. The van der Waals surface area contributed by atoms with Crippen molar-refractivity contribution >= 4 is 37.7 Å². The molecule has 0 radical (unpaired) electrons. The van der Waals surface area contributed by atoms with Crippen molar-refractivity contribution in [2.45, 2.75) is 0 Å². The molecule has 1 heterocycles. The fourth-order valence-corrected chi connectivity index (χ4v) is 3.16. The minimum Gasteiger partial charge on any atom is -0.455 e. The number of benzene rings is 3. The van der Waals surface area contributed by atoms with Crippen LogP contribution in [0, 0.1) is 0 Å². The fourth-order valence-electron chi connectivity index (χ4n) is 2.68. The van der Waals surface area contributed by atoms with Gasteiger partial charge in [0.25, 0.3) is 0 Å². The zero-order valence-electron chi connectivity index (χ0n) is 11.5. The maximum atomic E-state index is 12.5. The Bertz CT molecular complexity index is 1060. The Kier molecular flexibility index (Phi) is 3.09. The highest BCUT2D eigenvalue weighted by Gasteiger charge is 2.11. The van der Waals surface area contributed by atoms with Gasteiger partial charge in [0.05, 0.1) is 5.39 Å². The van der Waals surface area contributed by atoms with E-state index in [-0.39, 0.29) is 5.43 Å². The first-order valence-electron chi connectivity index (χ1n) is 6.94. The van der Waals surface area contributed by atoms with Crippen LogP contribution in [0.1, 0.15) is 0 Å². The Labute approximate surface area is 135 Å². The van der Waals surface area contributed by atoms with Crippen molar-refractivity contribution in [2.75, 3.05) is 0 Å². The molecule has 3 heteroatoms. The highest BCUT2D eigenvalue weighted by atomic mass is 79.9. The zero-order valence-corrected chi connectivity index (χ0v) is 13.1. The van der Waals surface area contributed by atoms with Crippen LogP contribution in [0.2, 0.25) is 0 Å². The molecule has 0 saturated carbocycles. The van der Waals surface area contributed by atoms with E-state index in [4.69, 9.17) is 4.42 Å². The van der Waals surface area contributed by atoms with Crippen LogP contribution in [0.25, 0.3) is 33.1 Å². The van der Waals surface area contributed by atoms with Gasteiger partial charge in [0.1, 0.15) is 11.3 Å². The summed E-state index contributed by atoms with van der Waals surface area (Å²) in [6, 6.07) is 21.0. The average molecular weight is 351 g/mol. The Morgan fingerprint density at radius 1 is 0.818 bits per heavy atom. The van der Waals surface area contributed by atoms with Gasteiger partial charge in [-0.2, -0.15) is 0 Å². The van der Waals surface area contributed by atoms with Gasteiger partial charge in [-0.3, -0.25) is 4.79 Å². The van der Waals surface area contributed by atoms with Gasteiger partial charge in [0.2, 0.25) is 0 Å². The van der Waals surface area contributed by atoms with Crippen molar-refractivity contribution in [1.82, 2.24) is 0 Å². The second kappa shape index (κ2) is 5.11. The third-order valence-electron chi connectivity index (χ3n) is 3.76. The molecule has 0 aliphatic rings. The molecule has 0 aliphatic carbocycles. The van der Waals surface area contributed by atoms with Gasteiger partial charge in [-0.1, -0.05) is 64.5 Å². The molecule has 3 aromatic carbocycles. The minimum absolute atomic E-state index is 0.0299. The normalized spacial score (nSPS) is 11.1. The van der Waals surface area contributed by atoms with Crippen molar-refractivity contribution < 1.29 is 4.42 Å². The number of halogens is 1. The largest absolute Gasteiger partial charge is 0.455 e. The molecular weight excluding hydrogens is 340 g/mol. The van der Waals surface area contributed by atoms with E-state index in [1.165, 1.54) is 0 Å². The number of rotatable bonds is 1. The molecule has 1 aromatic heterocycles. The predicted octanol–water partition coefficient (Wildman–Crippen LogP) is 5.38. The second-order valence-corrected chi connectivity index (χ2v) is 5.97. The van der Waals surface area contributed by atoms with Gasteiger partial charge < -0.3 is 4.42 Å². The van der Waals surface area contributed by atoms with E-state index in [2.05, 4.69) is 15.9 Å². The molecule has 4 rings (SSSR count). The summed E-state index contributed by atoms with van der Waals surface area (Å²) >= 11 is 3.51. The SMILES string of the molecule is O=c1cc(-c2ccccc2Br)oc2c1ccc1ccccc12. The van der Waals surface area contributed by atoms with E-state index in [1.807, 2.05) is 60.7 Å².